The number of furan rings is 1. The Balaban J connectivity index is 1.41. The maximum absolute atomic E-state index is 13.2. The summed E-state index contributed by atoms with van der Waals surface area (Å²) in [5.74, 6) is 0.0800. The van der Waals surface area contributed by atoms with Gasteiger partial charge in [-0.3, -0.25) is 9.69 Å². The highest BCUT2D eigenvalue weighted by molar-refractivity contribution is 8.14. The van der Waals surface area contributed by atoms with Gasteiger partial charge in [-0.2, -0.15) is 0 Å². The standard InChI is InChI=1S/C24H24N2O2S/c1-15-5-3-8-20(9-15)25-24-26(13-16(2)29-24)23(27)12-19-14-28-22-11-18-7-4-6-17(18)10-21(19)22/h3,5,8-11,14,16H,4,6-7,12-13H2,1-2H3/t16-/m0/s1. The van der Waals surface area contributed by atoms with Gasteiger partial charge in [-0.05, 0) is 67.1 Å². The predicted molar refractivity (Wildman–Crippen MR) is 119 cm³/mol. The van der Waals surface area contributed by atoms with Gasteiger partial charge in [0.25, 0.3) is 0 Å². The van der Waals surface area contributed by atoms with Gasteiger partial charge in [0, 0.05) is 22.7 Å². The van der Waals surface area contributed by atoms with Crippen LogP contribution in [-0.2, 0) is 24.1 Å². The topological polar surface area (TPSA) is 45.8 Å². The molecule has 1 fully saturated rings. The van der Waals surface area contributed by atoms with Crippen molar-refractivity contribution in [3.05, 3.63) is 64.9 Å². The molecule has 2 heterocycles. The lowest BCUT2D eigenvalue weighted by atomic mass is 10.0. The molecule has 4 nitrogen and oxygen atoms in total. The molecule has 5 rings (SSSR count). The lowest BCUT2D eigenvalue weighted by molar-refractivity contribution is -0.126. The van der Waals surface area contributed by atoms with E-state index in [1.54, 1.807) is 18.0 Å². The number of rotatable bonds is 3. The zero-order valence-electron chi connectivity index (χ0n) is 16.8. The number of hydrogen-bond acceptors (Lipinski definition) is 4. The van der Waals surface area contributed by atoms with Crippen LogP contribution in [0.25, 0.3) is 11.0 Å². The Hall–Kier alpha value is -2.53. The van der Waals surface area contributed by atoms with Crippen molar-refractivity contribution in [1.82, 2.24) is 4.90 Å². The molecule has 2 aliphatic rings. The Morgan fingerprint density at radius 1 is 1.24 bits per heavy atom. The van der Waals surface area contributed by atoms with E-state index in [-0.39, 0.29) is 5.91 Å². The number of aryl methyl sites for hydroxylation is 3. The Morgan fingerprint density at radius 3 is 2.90 bits per heavy atom. The summed E-state index contributed by atoms with van der Waals surface area (Å²) in [5, 5.41) is 2.21. The number of amidine groups is 1. The summed E-state index contributed by atoms with van der Waals surface area (Å²) in [6.45, 7) is 4.89. The van der Waals surface area contributed by atoms with Gasteiger partial charge in [0.05, 0.1) is 18.4 Å². The van der Waals surface area contributed by atoms with Gasteiger partial charge in [-0.1, -0.05) is 30.8 Å². The van der Waals surface area contributed by atoms with Crippen molar-refractivity contribution in [2.75, 3.05) is 6.54 Å². The molecular weight excluding hydrogens is 380 g/mol. The first-order valence-electron chi connectivity index (χ1n) is 10.2. The van der Waals surface area contributed by atoms with E-state index in [0.717, 1.165) is 45.8 Å². The van der Waals surface area contributed by atoms with Crippen molar-refractivity contribution in [3.8, 4) is 0 Å². The number of benzene rings is 2. The van der Waals surface area contributed by atoms with Crippen LogP contribution in [0.3, 0.4) is 0 Å². The SMILES string of the molecule is Cc1cccc(N=C2S[C@@H](C)CN2C(=O)Cc2coc3cc4c(cc23)CCC4)c1. The number of hydrogen-bond donors (Lipinski definition) is 0. The van der Waals surface area contributed by atoms with Gasteiger partial charge in [-0.15, -0.1) is 0 Å². The number of carbonyl (C=O) groups is 1. The first-order valence-corrected chi connectivity index (χ1v) is 11.1. The number of amides is 1. The van der Waals surface area contributed by atoms with E-state index in [2.05, 4.69) is 32.0 Å². The monoisotopic (exact) mass is 404 g/mol. The average molecular weight is 405 g/mol. The quantitative estimate of drug-likeness (QED) is 0.585. The molecule has 2 aromatic carbocycles. The Bertz CT molecular complexity index is 1130. The molecule has 1 atom stereocenters. The highest BCUT2D eigenvalue weighted by Crippen LogP contribution is 2.32. The second kappa shape index (κ2) is 7.38. The number of carbonyl (C=O) groups excluding carboxylic acids is 1. The first-order chi connectivity index (χ1) is 14.1. The van der Waals surface area contributed by atoms with E-state index in [9.17, 15) is 4.79 Å². The summed E-state index contributed by atoms with van der Waals surface area (Å²) in [6, 6.07) is 12.5. The van der Waals surface area contributed by atoms with Gasteiger partial charge in [-0.25, -0.2) is 4.99 Å². The smallest absolute Gasteiger partial charge is 0.233 e. The fourth-order valence-corrected chi connectivity index (χ4v) is 5.31. The lowest BCUT2D eigenvalue weighted by Gasteiger charge is -2.16. The summed E-state index contributed by atoms with van der Waals surface area (Å²) in [5.41, 5.74) is 6.72. The van der Waals surface area contributed by atoms with E-state index >= 15 is 0 Å². The number of aliphatic imine (C=N–C) groups is 1. The van der Waals surface area contributed by atoms with Crippen LogP contribution in [0.15, 0.2) is 52.1 Å². The Labute approximate surface area is 175 Å². The maximum atomic E-state index is 13.2. The van der Waals surface area contributed by atoms with Gasteiger partial charge in [0.2, 0.25) is 5.91 Å². The van der Waals surface area contributed by atoms with Crippen molar-refractivity contribution in [1.29, 1.82) is 0 Å². The molecule has 148 valence electrons. The molecule has 1 saturated heterocycles. The third-order valence-electron chi connectivity index (χ3n) is 5.71. The third-order valence-corrected chi connectivity index (χ3v) is 6.79. The minimum atomic E-state index is 0.0800. The average Bonchev–Trinajstić information content (AvgIpc) is 3.39. The van der Waals surface area contributed by atoms with Crippen LogP contribution in [0, 0.1) is 6.92 Å². The summed E-state index contributed by atoms with van der Waals surface area (Å²) in [4.78, 5) is 19.8. The molecule has 1 aliphatic carbocycles. The molecule has 5 heteroatoms. The zero-order valence-corrected chi connectivity index (χ0v) is 17.6. The normalized spacial score (nSPS) is 20.0. The third kappa shape index (κ3) is 3.60. The second-order valence-electron chi connectivity index (χ2n) is 8.07. The van der Waals surface area contributed by atoms with Crippen LogP contribution in [-0.4, -0.2) is 27.8 Å². The predicted octanol–water partition coefficient (Wildman–Crippen LogP) is 5.42. The lowest BCUT2D eigenvalue weighted by Crippen LogP contribution is -2.33. The second-order valence-corrected chi connectivity index (χ2v) is 9.48. The fraction of sp³-hybridized carbons (Fsp3) is 0.333. The van der Waals surface area contributed by atoms with E-state index in [4.69, 9.17) is 9.41 Å². The first kappa shape index (κ1) is 18.5. The highest BCUT2D eigenvalue weighted by Gasteiger charge is 2.31. The van der Waals surface area contributed by atoms with Crippen molar-refractivity contribution < 1.29 is 9.21 Å². The van der Waals surface area contributed by atoms with Crippen LogP contribution in [0.1, 0.15) is 35.6 Å². The Morgan fingerprint density at radius 2 is 2.07 bits per heavy atom. The number of nitrogens with zero attached hydrogens (tertiary/aromatic N) is 2. The highest BCUT2D eigenvalue weighted by atomic mass is 32.2. The molecule has 1 aromatic heterocycles. The van der Waals surface area contributed by atoms with E-state index < -0.39 is 0 Å². The van der Waals surface area contributed by atoms with Crippen molar-refractivity contribution in [2.45, 2.75) is 44.8 Å². The van der Waals surface area contributed by atoms with Crippen molar-refractivity contribution >= 4 is 39.5 Å². The minimum Gasteiger partial charge on any atom is -0.464 e. The molecule has 1 amide bonds. The molecule has 0 saturated carbocycles. The summed E-state index contributed by atoms with van der Waals surface area (Å²) < 4.78 is 5.79. The van der Waals surface area contributed by atoms with Crippen molar-refractivity contribution in [3.63, 3.8) is 0 Å². The molecule has 1 aliphatic heterocycles. The molecule has 0 N–H and O–H groups in total. The van der Waals surface area contributed by atoms with Gasteiger partial charge in [0.15, 0.2) is 5.17 Å². The molecule has 0 bridgehead atoms. The molecular formula is C24H24N2O2S. The maximum Gasteiger partial charge on any atom is 0.233 e. The van der Waals surface area contributed by atoms with Gasteiger partial charge >= 0.3 is 0 Å². The summed E-state index contributed by atoms with van der Waals surface area (Å²) in [7, 11) is 0. The van der Waals surface area contributed by atoms with Gasteiger partial charge < -0.3 is 4.42 Å². The van der Waals surface area contributed by atoms with Crippen LogP contribution in [0.5, 0.6) is 0 Å². The van der Waals surface area contributed by atoms with E-state index in [1.165, 1.54) is 17.5 Å². The van der Waals surface area contributed by atoms with Crippen LogP contribution in [0.4, 0.5) is 5.69 Å². The van der Waals surface area contributed by atoms with Gasteiger partial charge in [0.1, 0.15) is 5.58 Å². The number of thioether (sulfide) groups is 1. The van der Waals surface area contributed by atoms with Crippen LogP contribution >= 0.6 is 11.8 Å². The summed E-state index contributed by atoms with van der Waals surface area (Å²) >= 11 is 1.67. The molecule has 3 aromatic rings. The number of fused-ring (bicyclic) bond motifs is 2. The van der Waals surface area contributed by atoms with Crippen LogP contribution < -0.4 is 0 Å². The molecule has 0 spiro atoms. The minimum absolute atomic E-state index is 0.0800. The molecule has 0 radical (unpaired) electrons. The van der Waals surface area contributed by atoms with Crippen LogP contribution in [0.2, 0.25) is 0 Å². The zero-order chi connectivity index (χ0) is 20.0. The molecule has 29 heavy (non-hydrogen) atoms. The van der Waals surface area contributed by atoms with Crippen molar-refractivity contribution in [2.24, 2.45) is 4.99 Å². The molecule has 0 unspecified atom stereocenters. The largest absolute Gasteiger partial charge is 0.464 e. The Kier molecular flexibility index (Phi) is 4.70. The van der Waals surface area contributed by atoms with E-state index in [0.29, 0.717) is 18.2 Å². The fourth-order valence-electron chi connectivity index (χ4n) is 4.26. The summed E-state index contributed by atoms with van der Waals surface area (Å²) in [6.07, 6.45) is 5.55. The van der Waals surface area contributed by atoms with E-state index in [1.807, 2.05) is 23.1 Å².